The number of aryl methyl sites for hydroxylation is 3. The Hall–Kier alpha value is -4.24. The number of halogens is 1. The van der Waals surface area contributed by atoms with Crippen LogP contribution in [0.5, 0.6) is 0 Å². The first-order valence-electron chi connectivity index (χ1n) is 14.2. The van der Waals surface area contributed by atoms with E-state index in [1.807, 2.05) is 36.7 Å². The number of hydrogen-bond donors (Lipinski definition) is 3. The smallest absolute Gasteiger partial charge is 0.229 e. The molecule has 9 nitrogen and oxygen atoms in total. The van der Waals surface area contributed by atoms with Gasteiger partial charge in [0.1, 0.15) is 10.8 Å². The second-order valence-corrected chi connectivity index (χ2v) is 11.1. The van der Waals surface area contributed by atoms with E-state index < -0.39 is 0 Å². The molecule has 4 aromatic rings. The average Bonchev–Trinajstić information content (AvgIpc) is 2.99. The number of nitrogens with zero attached hydrogens (tertiary/aromatic N) is 5. The third-order valence-electron chi connectivity index (χ3n) is 7.75. The van der Waals surface area contributed by atoms with Crippen LogP contribution in [0.1, 0.15) is 42.9 Å². The minimum atomic E-state index is 0.0470. The Kier molecular flexibility index (Phi) is 7.95. The lowest BCUT2D eigenvalue weighted by Crippen LogP contribution is -2.35. The fraction of sp³-hybridized carbons (Fsp3) is 0.323. The Morgan fingerprint density at radius 2 is 1.90 bits per heavy atom. The molecule has 41 heavy (non-hydrogen) atoms. The van der Waals surface area contributed by atoms with Crippen molar-refractivity contribution in [1.29, 1.82) is 0 Å². The molecule has 0 unspecified atom stereocenters. The van der Waals surface area contributed by atoms with E-state index in [1.165, 1.54) is 5.56 Å². The predicted octanol–water partition coefficient (Wildman–Crippen LogP) is 6.31. The maximum Gasteiger partial charge on any atom is 0.229 e. The van der Waals surface area contributed by atoms with Crippen molar-refractivity contribution in [1.82, 2.24) is 19.9 Å². The molecule has 0 atom stereocenters. The summed E-state index contributed by atoms with van der Waals surface area (Å²) in [5.74, 6) is 2.36. The Morgan fingerprint density at radius 1 is 1.02 bits per heavy atom. The molecule has 3 aromatic heterocycles. The first-order valence-corrected chi connectivity index (χ1v) is 14.5. The van der Waals surface area contributed by atoms with Gasteiger partial charge in [-0.1, -0.05) is 18.5 Å². The molecule has 3 N–H and O–H groups in total. The molecule has 1 amide bonds. The van der Waals surface area contributed by atoms with Crippen LogP contribution in [0.15, 0.2) is 61.2 Å². The van der Waals surface area contributed by atoms with Gasteiger partial charge in [-0.25, -0.2) is 9.97 Å². The van der Waals surface area contributed by atoms with Crippen LogP contribution in [-0.4, -0.2) is 38.9 Å². The molecule has 5 heterocycles. The van der Waals surface area contributed by atoms with Crippen molar-refractivity contribution >= 4 is 52.2 Å². The second kappa shape index (κ2) is 12.1. The Bertz CT molecular complexity index is 1550. The summed E-state index contributed by atoms with van der Waals surface area (Å²) in [7, 11) is 0. The lowest BCUT2D eigenvalue weighted by atomic mass is 9.93. The lowest BCUT2D eigenvalue weighted by molar-refractivity contribution is -0.117. The van der Waals surface area contributed by atoms with Gasteiger partial charge in [0, 0.05) is 43.3 Å². The van der Waals surface area contributed by atoms with E-state index >= 15 is 0 Å². The minimum Gasteiger partial charge on any atom is -0.357 e. The highest BCUT2D eigenvalue weighted by Gasteiger charge is 2.23. The molecule has 0 saturated carbocycles. The zero-order valence-corrected chi connectivity index (χ0v) is 23.8. The summed E-state index contributed by atoms with van der Waals surface area (Å²) >= 11 is 6.39. The highest BCUT2D eigenvalue weighted by atomic mass is 35.5. The predicted molar refractivity (Wildman–Crippen MR) is 163 cm³/mol. The molecule has 2 aliphatic rings. The quantitative estimate of drug-likeness (QED) is 0.257. The highest BCUT2D eigenvalue weighted by molar-refractivity contribution is 6.32. The summed E-state index contributed by atoms with van der Waals surface area (Å²) in [5, 5.41) is 10.1. The van der Waals surface area contributed by atoms with Crippen molar-refractivity contribution in [3.05, 3.63) is 82.9 Å². The van der Waals surface area contributed by atoms with E-state index in [0.29, 0.717) is 29.1 Å². The molecule has 1 aromatic carbocycles. The first-order chi connectivity index (χ1) is 20.0. The Labute approximate surface area is 244 Å². The van der Waals surface area contributed by atoms with E-state index in [9.17, 15) is 4.79 Å². The van der Waals surface area contributed by atoms with Crippen molar-refractivity contribution in [2.24, 2.45) is 5.92 Å². The van der Waals surface area contributed by atoms with Crippen LogP contribution in [-0.2, 0) is 24.1 Å². The van der Waals surface area contributed by atoms with Gasteiger partial charge in [0.2, 0.25) is 11.9 Å². The van der Waals surface area contributed by atoms with Gasteiger partial charge in [0.05, 0.1) is 18.1 Å². The number of piperidine rings is 1. The van der Waals surface area contributed by atoms with Crippen molar-refractivity contribution in [3.63, 3.8) is 0 Å². The summed E-state index contributed by atoms with van der Waals surface area (Å²) in [5.41, 5.74) is 5.86. The van der Waals surface area contributed by atoms with Crippen LogP contribution >= 0.6 is 11.6 Å². The third-order valence-corrected chi connectivity index (χ3v) is 8.03. The first kappa shape index (κ1) is 27.0. The van der Waals surface area contributed by atoms with Crippen LogP contribution in [0.4, 0.5) is 34.6 Å². The number of benzene rings is 1. The van der Waals surface area contributed by atoms with Gasteiger partial charge in [-0.15, -0.1) is 0 Å². The van der Waals surface area contributed by atoms with Crippen molar-refractivity contribution < 1.29 is 4.79 Å². The van der Waals surface area contributed by atoms with Crippen LogP contribution < -0.4 is 20.9 Å². The molecule has 0 spiro atoms. The normalized spacial score (nSPS) is 15.0. The maximum absolute atomic E-state index is 13.2. The molecule has 6 bridgehead atoms. The monoisotopic (exact) mass is 568 g/mol. The van der Waals surface area contributed by atoms with Gasteiger partial charge in [-0.3, -0.25) is 9.78 Å². The average molecular weight is 569 g/mol. The summed E-state index contributed by atoms with van der Waals surface area (Å²) in [6, 6.07) is 12.2. The third kappa shape index (κ3) is 6.57. The minimum absolute atomic E-state index is 0.0470. The number of anilines is 6. The number of hydrogen-bond acceptors (Lipinski definition) is 8. The van der Waals surface area contributed by atoms with Gasteiger partial charge in [-0.05, 0) is 91.1 Å². The van der Waals surface area contributed by atoms with E-state index in [-0.39, 0.29) is 5.91 Å². The second-order valence-electron chi connectivity index (χ2n) is 10.7. The summed E-state index contributed by atoms with van der Waals surface area (Å²) in [6.07, 6.45) is 12.0. The highest BCUT2D eigenvalue weighted by Crippen LogP contribution is 2.30. The van der Waals surface area contributed by atoms with Gasteiger partial charge >= 0.3 is 0 Å². The van der Waals surface area contributed by atoms with E-state index in [1.54, 1.807) is 12.4 Å². The standard InChI is InChI=1S/C31H33ClN8O/c1-2-20-7-10-34-28(14-20)40-11-8-21(9-12-40)15-29(41)38-27-6-5-24-16-23(27)4-3-22-13-25(18-33-17-22)37-31-35-19-26(32)30(36-24)39-31/h5-7,10,13-14,16-19,21H,2-4,8-9,11-12,15H2,1H3,(H,38,41)(H2,35,36,37,39). The Balaban J connectivity index is 1.15. The number of nitrogens with one attached hydrogen (secondary N) is 3. The molecular formula is C31H33ClN8O. The van der Waals surface area contributed by atoms with Gasteiger partial charge in [-0.2, -0.15) is 4.98 Å². The number of aromatic nitrogens is 4. The molecule has 0 radical (unpaired) electrons. The van der Waals surface area contributed by atoms with Crippen molar-refractivity contribution in [2.45, 2.75) is 45.4 Å². The molecule has 210 valence electrons. The zero-order chi connectivity index (χ0) is 28.2. The molecule has 1 saturated heterocycles. The Morgan fingerprint density at radius 3 is 2.76 bits per heavy atom. The lowest BCUT2D eigenvalue weighted by Gasteiger charge is -2.32. The number of carbonyl (C=O) groups excluding carboxylic acids is 1. The van der Waals surface area contributed by atoms with Crippen LogP contribution in [0, 0.1) is 5.92 Å². The van der Waals surface area contributed by atoms with Gasteiger partial charge in [0.25, 0.3) is 0 Å². The molecule has 0 aliphatic carbocycles. The largest absolute Gasteiger partial charge is 0.357 e. The molecular weight excluding hydrogens is 536 g/mol. The number of fused-ring (bicyclic) bond motifs is 6. The van der Waals surface area contributed by atoms with Crippen molar-refractivity contribution in [2.75, 3.05) is 33.9 Å². The molecule has 2 aliphatic heterocycles. The van der Waals surface area contributed by atoms with Crippen molar-refractivity contribution in [3.8, 4) is 0 Å². The molecule has 10 heteroatoms. The van der Waals surface area contributed by atoms with Crippen LogP contribution in [0.25, 0.3) is 0 Å². The fourth-order valence-corrected chi connectivity index (χ4v) is 5.57. The molecule has 1 fully saturated rings. The number of carbonyl (C=O) groups is 1. The van der Waals surface area contributed by atoms with Crippen LogP contribution in [0.2, 0.25) is 5.02 Å². The van der Waals surface area contributed by atoms with E-state index in [0.717, 1.165) is 79.2 Å². The number of rotatable bonds is 5. The maximum atomic E-state index is 13.2. The zero-order valence-electron chi connectivity index (χ0n) is 23.0. The van der Waals surface area contributed by atoms with Crippen LogP contribution in [0.3, 0.4) is 0 Å². The fourth-order valence-electron chi connectivity index (χ4n) is 5.44. The van der Waals surface area contributed by atoms with Gasteiger partial charge in [0.15, 0.2) is 5.82 Å². The molecule has 6 rings (SSSR count). The number of amides is 1. The SMILES string of the molecule is CCc1ccnc(N2CCC(CC(=O)Nc3ccc4cc3CCc3cncc(c3)Nc3ncc(Cl)c(n3)N4)CC2)c1. The summed E-state index contributed by atoms with van der Waals surface area (Å²) < 4.78 is 0. The number of pyridine rings is 2. The summed E-state index contributed by atoms with van der Waals surface area (Å²) in [6.45, 7) is 3.99. The van der Waals surface area contributed by atoms with E-state index in [4.69, 9.17) is 11.6 Å². The topological polar surface area (TPSA) is 108 Å². The van der Waals surface area contributed by atoms with Gasteiger partial charge < -0.3 is 20.9 Å². The summed E-state index contributed by atoms with van der Waals surface area (Å²) in [4.78, 5) is 33.3. The van der Waals surface area contributed by atoms with E-state index in [2.05, 4.69) is 59.8 Å².